The van der Waals surface area contributed by atoms with Crippen molar-refractivity contribution < 1.29 is 0 Å². The molecule has 0 spiro atoms. The summed E-state index contributed by atoms with van der Waals surface area (Å²) >= 11 is 12.0. The van der Waals surface area contributed by atoms with Gasteiger partial charge in [0.25, 0.3) is 0 Å². The molecule has 1 fully saturated rings. The van der Waals surface area contributed by atoms with E-state index in [2.05, 4.69) is 30.1 Å². The first kappa shape index (κ1) is 16.1. The van der Waals surface area contributed by atoms with Crippen LogP contribution in [0.25, 0.3) is 0 Å². The van der Waals surface area contributed by atoms with E-state index < -0.39 is 0 Å². The molecule has 1 atom stereocenters. The highest BCUT2D eigenvalue weighted by Crippen LogP contribution is 2.24. The first-order valence-corrected chi connectivity index (χ1v) is 8.20. The number of benzene rings is 1. The number of hydrogen-bond donors (Lipinski definition) is 1. The van der Waals surface area contributed by atoms with Crippen LogP contribution in [0.5, 0.6) is 0 Å². The van der Waals surface area contributed by atoms with E-state index in [1.165, 1.54) is 31.5 Å². The summed E-state index contributed by atoms with van der Waals surface area (Å²) in [6.45, 7) is 8.84. The Bertz CT molecular complexity index is 434. The summed E-state index contributed by atoms with van der Waals surface area (Å²) in [6.07, 6.45) is 2.61. The quantitative estimate of drug-likeness (QED) is 0.876. The van der Waals surface area contributed by atoms with E-state index in [1.54, 1.807) is 0 Å². The Labute approximate surface area is 132 Å². The maximum Gasteiger partial charge on any atom is 0.0595 e. The molecular formula is C16H24Cl2N2. The van der Waals surface area contributed by atoms with Gasteiger partial charge in [-0.15, -0.1) is 0 Å². The van der Waals surface area contributed by atoms with Crippen LogP contribution in [0.2, 0.25) is 10.0 Å². The molecule has 0 amide bonds. The molecule has 0 saturated carbocycles. The molecule has 1 aromatic rings. The molecule has 20 heavy (non-hydrogen) atoms. The van der Waals surface area contributed by atoms with E-state index in [4.69, 9.17) is 23.2 Å². The van der Waals surface area contributed by atoms with Gasteiger partial charge in [0.05, 0.1) is 10.0 Å². The Morgan fingerprint density at radius 2 is 2.10 bits per heavy atom. The third-order valence-corrected chi connectivity index (χ3v) is 4.55. The summed E-state index contributed by atoms with van der Waals surface area (Å²) in [5.41, 5.74) is 1.25. The molecule has 2 rings (SSSR count). The summed E-state index contributed by atoms with van der Waals surface area (Å²) in [7, 11) is 0. The predicted octanol–water partition coefficient (Wildman–Crippen LogP) is 4.20. The summed E-state index contributed by atoms with van der Waals surface area (Å²) in [4.78, 5) is 2.52. The number of hydrogen-bond acceptors (Lipinski definition) is 2. The average molecular weight is 315 g/mol. The zero-order valence-corrected chi connectivity index (χ0v) is 13.8. The van der Waals surface area contributed by atoms with Crippen LogP contribution in [0.3, 0.4) is 0 Å². The SMILES string of the molecule is CC(C)NCC1CCCN(Cc2ccc(Cl)c(Cl)c2)C1. The highest BCUT2D eigenvalue weighted by Gasteiger charge is 2.20. The molecular weight excluding hydrogens is 291 g/mol. The molecule has 4 heteroatoms. The van der Waals surface area contributed by atoms with Gasteiger partial charge in [0.2, 0.25) is 0 Å². The van der Waals surface area contributed by atoms with Crippen molar-refractivity contribution in [3.63, 3.8) is 0 Å². The van der Waals surface area contributed by atoms with Crippen LogP contribution in [-0.2, 0) is 6.54 Å². The van der Waals surface area contributed by atoms with Gasteiger partial charge in [0, 0.05) is 19.1 Å². The van der Waals surface area contributed by atoms with Crippen molar-refractivity contribution >= 4 is 23.2 Å². The van der Waals surface area contributed by atoms with Gasteiger partial charge in [0.15, 0.2) is 0 Å². The van der Waals surface area contributed by atoms with E-state index in [1.807, 2.05) is 12.1 Å². The van der Waals surface area contributed by atoms with Crippen LogP contribution in [0, 0.1) is 5.92 Å². The molecule has 1 N–H and O–H groups in total. The lowest BCUT2D eigenvalue weighted by atomic mass is 9.97. The van der Waals surface area contributed by atoms with Crippen molar-refractivity contribution in [1.29, 1.82) is 0 Å². The molecule has 0 aliphatic carbocycles. The lowest BCUT2D eigenvalue weighted by molar-refractivity contribution is 0.164. The molecule has 0 bridgehead atoms. The van der Waals surface area contributed by atoms with Gasteiger partial charge >= 0.3 is 0 Å². The maximum atomic E-state index is 6.08. The first-order chi connectivity index (χ1) is 9.54. The first-order valence-electron chi connectivity index (χ1n) is 7.44. The average Bonchev–Trinajstić information content (AvgIpc) is 2.41. The van der Waals surface area contributed by atoms with Crippen molar-refractivity contribution in [2.45, 2.75) is 39.3 Å². The van der Waals surface area contributed by atoms with Crippen LogP contribution in [0.15, 0.2) is 18.2 Å². The van der Waals surface area contributed by atoms with Crippen LogP contribution in [0.4, 0.5) is 0 Å². The Morgan fingerprint density at radius 1 is 1.30 bits per heavy atom. The molecule has 0 aromatic heterocycles. The van der Waals surface area contributed by atoms with Crippen LogP contribution in [-0.4, -0.2) is 30.6 Å². The second kappa shape index (κ2) is 7.65. The number of nitrogens with one attached hydrogen (secondary N) is 1. The summed E-state index contributed by atoms with van der Waals surface area (Å²) < 4.78 is 0. The highest BCUT2D eigenvalue weighted by molar-refractivity contribution is 6.42. The zero-order valence-electron chi connectivity index (χ0n) is 12.3. The highest BCUT2D eigenvalue weighted by atomic mass is 35.5. The second-order valence-corrected chi connectivity index (χ2v) is 6.87. The Morgan fingerprint density at radius 3 is 2.80 bits per heavy atom. The van der Waals surface area contributed by atoms with Crippen molar-refractivity contribution in [3.05, 3.63) is 33.8 Å². The fourth-order valence-corrected chi connectivity index (χ4v) is 3.08. The minimum Gasteiger partial charge on any atom is -0.314 e. The lowest BCUT2D eigenvalue weighted by Crippen LogP contribution is -2.40. The number of likely N-dealkylation sites (tertiary alicyclic amines) is 1. The van der Waals surface area contributed by atoms with Crippen LogP contribution >= 0.6 is 23.2 Å². The third kappa shape index (κ3) is 4.92. The van der Waals surface area contributed by atoms with Gasteiger partial charge in [-0.1, -0.05) is 43.1 Å². The summed E-state index contributed by atoms with van der Waals surface area (Å²) in [6, 6.07) is 6.52. The van der Waals surface area contributed by atoms with Gasteiger partial charge in [-0.3, -0.25) is 4.90 Å². The van der Waals surface area contributed by atoms with Gasteiger partial charge in [-0.05, 0) is 49.5 Å². The van der Waals surface area contributed by atoms with Crippen molar-refractivity contribution in [3.8, 4) is 0 Å². The van der Waals surface area contributed by atoms with Gasteiger partial charge in [-0.25, -0.2) is 0 Å². The summed E-state index contributed by atoms with van der Waals surface area (Å²) in [5, 5.41) is 4.84. The largest absolute Gasteiger partial charge is 0.314 e. The predicted molar refractivity (Wildman–Crippen MR) is 87.6 cm³/mol. The molecule has 0 radical (unpaired) electrons. The van der Waals surface area contributed by atoms with E-state index in [0.29, 0.717) is 16.1 Å². The third-order valence-electron chi connectivity index (χ3n) is 3.81. The minimum absolute atomic E-state index is 0.570. The van der Waals surface area contributed by atoms with E-state index in [9.17, 15) is 0 Å². The monoisotopic (exact) mass is 314 g/mol. The molecule has 1 aliphatic rings. The van der Waals surface area contributed by atoms with E-state index in [-0.39, 0.29) is 0 Å². The van der Waals surface area contributed by atoms with Crippen LogP contribution in [0.1, 0.15) is 32.3 Å². The molecule has 112 valence electrons. The van der Waals surface area contributed by atoms with Crippen molar-refractivity contribution in [2.75, 3.05) is 19.6 Å². The number of halogens is 2. The number of piperidine rings is 1. The topological polar surface area (TPSA) is 15.3 Å². The van der Waals surface area contributed by atoms with Crippen molar-refractivity contribution in [1.82, 2.24) is 10.2 Å². The Hall–Kier alpha value is -0.280. The normalized spacial score (nSPS) is 20.6. The van der Waals surface area contributed by atoms with Crippen LogP contribution < -0.4 is 5.32 Å². The number of nitrogens with zero attached hydrogens (tertiary/aromatic N) is 1. The molecule has 1 aliphatic heterocycles. The molecule has 1 unspecified atom stereocenters. The number of rotatable bonds is 5. The molecule has 1 saturated heterocycles. The van der Waals surface area contributed by atoms with Crippen molar-refractivity contribution in [2.24, 2.45) is 5.92 Å². The van der Waals surface area contributed by atoms with E-state index in [0.717, 1.165) is 19.0 Å². The smallest absolute Gasteiger partial charge is 0.0595 e. The fraction of sp³-hybridized carbons (Fsp3) is 0.625. The second-order valence-electron chi connectivity index (χ2n) is 6.05. The zero-order chi connectivity index (χ0) is 14.5. The minimum atomic E-state index is 0.570. The maximum absolute atomic E-state index is 6.08. The Kier molecular flexibility index (Phi) is 6.16. The standard InChI is InChI=1S/C16H24Cl2N2/c1-12(2)19-9-14-4-3-7-20(11-14)10-13-5-6-15(17)16(18)8-13/h5-6,8,12,14,19H,3-4,7,9-11H2,1-2H3. The van der Waals surface area contributed by atoms with Gasteiger partial charge in [0.1, 0.15) is 0 Å². The molecule has 1 aromatic carbocycles. The van der Waals surface area contributed by atoms with E-state index >= 15 is 0 Å². The van der Waals surface area contributed by atoms with Gasteiger partial charge < -0.3 is 5.32 Å². The fourth-order valence-electron chi connectivity index (χ4n) is 2.76. The lowest BCUT2D eigenvalue weighted by Gasteiger charge is -2.33. The van der Waals surface area contributed by atoms with Gasteiger partial charge in [-0.2, -0.15) is 0 Å². The summed E-state index contributed by atoms with van der Waals surface area (Å²) in [5.74, 6) is 0.758. The molecule has 1 heterocycles. The molecule has 2 nitrogen and oxygen atoms in total. The Balaban J connectivity index is 1.87.